The van der Waals surface area contributed by atoms with Crippen LogP contribution in [0.2, 0.25) is 5.02 Å². The summed E-state index contributed by atoms with van der Waals surface area (Å²) >= 11 is 9.43. The van der Waals surface area contributed by atoms with Gasteiger partial charge < -0.3 is 9.84 Å². The Hall–Kier alpha value is -1.10. The molecule has 2 rings (SSSR count). The molecule has 1 atom stereocenters. The summed E-state index contributed by atoms with van der Waals surface area (Å²) in [6.45, 7) is 0. The summed E-state index contributed by atoms with van der Waals surface area (Å²) in [4.78, 5) is 4.14. The van der Waals surface area contributed by atoms with Gasteiger partial charge in [-0.1, -0.05) is 33.6 Å². The lowest BCUT2D eigenvalue weighted by Crippen LogP contribution is -2.05. The summed E-state index contributed by atoms with van der Waals surface area (Å²) in [6.07, 6.45) is 0.690. The monoisotopic (exact) mass is 327 g/mol. The Labute approximate surface area is 119 Å². The van der Waals surface area contributed by atoms with Gasteiger partial charge >= 0.3 is 0 Å². The van der Waals surface area contributed by atoms with Crippen LogP contribution in [-0.2, 0) is 0 Å². The van der Waals surface area contributed by atoms with Crippen LogP contribution in [0, 0.1) is 0 Å². The first-order valence-corrected chi connectivity index (χ1v) is 6.42. The maximum Gasteiger partial charge on any atom is 0.143 e. The molecule has 1 N–H and O–H groups in total. The molecule has 0 spiro atoms. The van der Waals surface area contributed by atoms with Crippen molar-refractivity contribution in [3.05, 3.63) is 57.3 Å². The molecule has 18 heavy (non-hydrogen) atoms. The van der Waals surface area contributed by atoms with Crippen LogP contribution in [-0.4, -0.2) is 17.2 Å². The zero-order valence-electron chi connectivity index (χ0n) is 9.60. The van der Waals surface area contributed by atoms with Crippen molar-refractivity contribution in [3.63, 3.8) is 0 Å². The molecule has 1 aromatic heterocycles. The van der Waals surface area contributed by atoms with Crippen molar-refractivity contribution >= 4 is 27.5 Å². The van der Waals surface area contributed by atoms with Gasteiger partial charge in [-0.3, -0.25) is 4.98 Å². The second-order valence-electron chi connectivity index (χ2n) is 3.66. The molecule has 2 aromatic rings. The average Bonchev–Trinajstić information content (AvgIpc) is 2.38. The number of aromatic nitrogens is 1. The van der Waals surface area contributed by atoms with Crippen molar-refractivity contribution in [1.29, 1.82) is 0 Å². The summed E-state index contributed by atoms with van der Waals surface area (Å²) in [6, 6.07) is 8.80. The third-order valence-electron chi connectivity index (χ3n) is 2.54. The maximum atomic E-state index is 10.3. The highest BCUT2D eigenvalue weighted by Gasteiger charge is 2.19. The molecule has 0 aliphatic heterocycles. The normalized spacial score (nSPS) is 12.2. The highest BCUT2D eigenvalue weighted by Crippen LogP contribution is 2.33. The van der Waals surface area contributed by atoms with Gasteiger partial charge in [0, 0.05) is 21.3 Å². The molecule has 94 valence electrons. The number of hydrogen-bond donors (Lipinski definition) is 1. The summed E-state index contributed by atoms with van der Waals surface area (Å²) in [5.74, 6) is 0.531. The van der Waals surface area contributed by atoms with Gasteiger partial charge in [0.15, 0.2) is 0 Å². The fourth-order valence-electron chi connectivity index (χ4n) is 1.65. The number of rotatable bonds is 3. The van der Waals surface area contributed by atoms with Crippen molar-refractivity contribution in [2.24, 2.45) is 0 Å². The van der Waals surface area contributed by atoms with E-state index in [9.17, 15) is 5.11 Å². The molecule has 3 nitrogen and oxygen atoms in total. The van der Waals surface area contributed by atoms with Crippen molar-refractivity contribution in [1.82, 2.24) is 4.98 Å². The predicted octanol–water partition coefficient (Wildman–Crippen LogP) is 3.59. The molecule has 0 aliphatic carbocycles. The number of methoxy groups -OCH3 is 1. The number of halogens is 2. The third kappa shape index (κ3) is 2.66. The predicted molar refractivity (Wildman–Crippen MR) is 74.0 cm³/mol. The first kappa shape index (κ1) is 13.3. The standard InChI is InChI=1S/C13H11BrClNO2/c1-18-11-3-2-6-16-12(11)13(17)9-5-4-8(14)7-10(9)15/h2-7,13,17H,1H3. The second-order valence-corrected chi connectivity index (χ2v) is 4.98. The molecule has 0 fully saturated rings. The van der Waals surface area contributed by atoms with E-state index in [1.165, 1.54) is 7.11 Å². The number of hydrogen-bond acceptors (Lipinski definition) is 3. The van der Waals surface area contributed by atoms with Gasteiger partial charge in [0.05, 0.1) is 7.11 Å². The molecule has 0 saturated heterocycles. The highest BCUT2D eigenvalue weighted by atomic mass is 79.9. The van der Waals surface area contributed by atoms with Crippen LogP contribution < -0.4 is 4.74 Å². The number of pyridine rings is 1. The molecule has 0 radical (unpaired) electrons. The number of aliphatic hydroxyl groups excluding tert-OH is 1. The Bertz CT molecular complexity index is 562. The van der Waals surface area contributed by atoms with Gasteiger partial charge in [-0.2, -0.15) is 0 Å². The van der Waals surface area contributed by atoms with E-state index >= 15 is 0 Å². The van der Waals surface area contributed by atoms with Gasteiger partial charge in [0.1, 0.15) is 17.5 Å². The Morgan fingerprint density at radius 3 is 2.83 bits per heavy atom. The van der Waals surface area contributed by atoms with E-state index < -0.39 is 6.10 Å². The molecule has 1 heterocycles. The van der Waals surface area contributed by atoms with Crippen LogP contribution in [0.1, 0.15) is 17.4 Å². The fraction of sp³-hybridized carbons (Fsp3) is 0.154. The van der Waals surface area contributed by atoms with E-state index in [0.29, 0.717) is 22.0 Å². The molecule has 0 aliphatic rings. The van der Waals surface area contributed by atoms with Gasteiger partial charge in [0.25, 0.3) is 0 Å². The lowest BCUT2D eigenvalue weighted by molar-refractivity contribution is 0.209. The number of aliphatic hydroxyl groups is 1. The quantitative estimate of drug-likeness (QED) is 0.936. The molecule has 0 saturated carbocycles. The van der Waals surface area contributed by atoms with Gasteiger partial charge in [-0.15, -0.1) is 0 Å². The Balaban J connectivity index is 2.44. The van der Waals surface area contributed by atoms with Crippen LogP contribution >= 0.6 is 27.5 Å². The SMILES string of the molecule is COc1cccnc1C(O)c1ccc(Br)cc1Cl. The van der Waals surface area contributed by atoms with Crippen molar-refractivity contribution in [2.45, 2.75) is 6.10 Å². The Morgan fingerprint density at radius 1 is 1.39 bits per heavy atom. The molecule has 1 unspecified atom stereocenters. The van der Waals surface area contributed by atoms with Gasteiger partial charge in [-0.05, 0) is 24.3 Å². The van der Waals surface area contributed by atoms with Gasteiger partial charge in [-0.25, -0.2) is 0 Å². The van der Waals surface area contributed by atoms with Crippen LogP contribution in [0.5, 0.6) is 5.75 Å². The lowest BCUT2D eigenvalue weighted by Gasteiger charge is -2.15. The van der Waals surface area contributed by atoms with Crippen molar-refractivity contribution in [3.8, 4) is 5.75 Å². The van der Waals surface area contributed by atoms with E-state index in [1.54, 1.807) is 30.5 Å². The van der Waals surface area contributed by atoms with Crippen LogP contribution in [0.3, 0.4) is 0 Å². The number of nitrogens with zero attached hydrogens (tertiary/aromatic N) is 1. The van der Waals surface area contributed by atoms with Crippen LogP contribution in [0.25, 0.3) is 0 Å². The number of ether oxygens (including phenoxy) is 1. The Morgan fingerprint density at radius 2 is 2.17 bits per heavy atom. The van der Waals surface area contributed by atoms with Crippen molar-refractivity contribution < 1.29 is 9.84 Å². The molecular formula is C13H11BrClNO2. The minimum atomic E-state index is -0.915. The summed E-state index contributed by atoms with van der Waals surface area (Å²) in [7, 11) is 1.54. The van der Waals surface area contributed by atoms with E-state index in [1.807, 2.05) is 6.07 Å². The summed E-state index contributed by atoms with van der Waals surface area (Å²) < 4.78 is 6.03. The fourth-order valence-corrected chi connectivity index (χ4v) is 2.43. The summed E-state index contributed by atoms with van der Waals surface area (Å²) in [5.41, 5.74) is 1.04. The van der Waals surface area contributed by atoms with Gasteiger partial charge in [0.2, 0.25) is 0 Å². The minimum Gasteiger partial charge on any atom is -0.495 e. The third-order valence-corrected chi connectivity index (χ3v) is 3.36. The van der Waals surface area contributed by atoms with E-state index in [-0.39, 0.29) is 0 Å². The van der Waals surface area contributed by atoms with Crippen LogP contribution in [0.15, 0.2) is 41.0 Å². The summed E-state index contributed by atoms with van der Waals surface area (Å²) in [5, 5.41) is 10.8. The molecule has 0 bridgehead atoms. The minimum absolute atomic E-state index is 0.448. The second kappa shape index (κ2) is 5.69. The van der Waals surface area contributed by atoms with E-state index in [4.69, 9.17) is 16.3 Å². The molecular weight excluding hydrogens is 318 g/mol. The van der Waals surface area contributed by atoms with E-state index in [2.05, 4.69) is 20.9 Å². The zero-order chi connectivity index (χ0) is 13.1. The zero-order valence-corrected chi connectivity index (χ0v) is 11.9. The van der Waals surface area contributed by atoms with Crippen LogP contribution in [0.4, 0.5) is 0 Å². The van der Waals surface area contributed by atoms with Crippen molar-refractivity contribution in [2.75, 3.05) is 7.11 Å². The number of benzene rings is 1. The lowest BCUT2D eigenvalue weighted by atomic mass is 10.1. The average molecular weight is 329 g/mol. The topological polar surface area (TPSA) is 42.4 Å². The highest BCUT2D eigenvalue weighted by molar-refractivity contribution is 9.10. The first-order chi connectivity index (χ1) is 8.63. The Kier molecular flexibility index (Phi) is 4.22. The molecule has 0 amide bonds. The molecule has 1 aromatic carbocycles. The van der Waals surface area contributed by atoms with E-state index in [0.717, 1.165) is 4.47 Å². The largest absolute Gasteiger partial charge is 0.495 e. The smallest absolute Gasteiger partial charge is 0.143 e. The first-order valence-electron chi connectivity index (χ1n) is 5.25. The molecule has 5 heteroatoms. The maximum absolute atomic E-state index is 10.3.